The second-order valence-electron chi connectivity index (χ2n) is 10.6. The van der Waals surface area contributed by atoms with Gasteiger partial charge < -0.3 is 10.2 Å². The van der Waals surface area contributed by atoms with Crippen LogP contribution in [-0.2, 0) is 32.6 Å². The van der Waals surface area contributed by atoms with Gasteiger partial charge in [0.25, 0.3) is 0 Å². The summed E-state index contributed by atoms with van der Waals surface area (Å²) in [5, 5.41) is 3.94. The van der Waals surface area contributed by atoms with Gasteiger partial charge in [-0.1, -0.05) is 82.8 Å². The maximum atomic E-state index is 14.2. The molecule has 220 valence electrons. The minimum absolute atomic E-state index is 0.104. The number of carbonyl (C=O) groups excluding carboxylic acids is 2. The van der Waals surface area contributed by atoms with Gasteiger partial charge in [-0.2, -0.15) is 0 Å². The lowest BCUT2D eigenvalue weighted by Crippen LogP contribution is -2.56. The van der Waals surface area contributed by atoms with Gasteiger partial charge in [-0.3, -0.25) is 13.9 Å². The molecule has 0 heterocycles. The van der Waals surface area contributed by atoms with Crippen molar-refractivity contribution < 1.29 is 18.0 Å². The fraction of sp³-hybridized carbons (Fsp3) is 0.310. The van der Waals surface area contributed by atoms with Gasteiger partial charge >= 0.3 is 0 Å². The summed E-state index contributed by atoms with van der Waals surface area (Å²) in [6.07, 6.45) is 1.12. The van der Waals surface area contributed by atoms with E-state index < -0.39 is 40.0 Å². The Bertz CT molecular complexity index is 1470. The number of nitrogens with one attached hydrogen (secondary N) is 1. The molecule has 0 fully saturated rings. The van der Waals surface area contributed by atoms with E-state index in [1.54, 1.807) is 18.2 Å². The van der Waals surface area contributed by atoms with Crippen LogP contribution in [0.5, 0.6) is 0 Å². The van der Waals surface area contributed by atoms with Crippen molar-refractivity contribution in [3.05, 3.63) is 97.9 Å². The van der Waals surface area contributed by atoms with Gasteiger partial charge in [-0.05, 0) is 56.7 Å². The number of carbonyl (C=O) groups is 2. The molecule has 7 nitrogen and oxygen atoms in total. The summed E-state index contributed by atoms with van der Waals surface area (Å²) < 4.78 is 26.7. The highest BCUT2D eigenvalue weighted by molar-refractivity contribution is 7.92. The molecule has 0 aliphatic rings. The number of halogens is 4. The predicted octanol–water partition coefficient (Wildman–Crippen LogP) is 6.62. The van der Waals surface area contributed by atoms with Crippen LogP contribution in [0.2, 0.25) is 20.1 Å². The van der Waals surface area contributed by atoms with Crippen molar-refractivity contribution in [3.63, 3.8) is 0 Å². The third-order valence-electron chi connectivity index (χ3n) is 5.97. The van der Waals surface area contributed by atoms with E-state index in [-0.39, 0.29) is 28.7 Å². The zero-order valence-electron chi connectivity index (χ0n) is 23.0. The maximum Gasteiger partial charge on any atom is 0.244 e. The van der Waals surface area contributed by atoms with Crippen LogP contribution in [0.25, 0.3) is 0 Å². The van der Waals surface area contributed by atoms with E-state index in [0.29, 0.717) is 15.6 Å². The first kappa shape index (κ1) is 33.0. The molecule has 3 aromatic carbocycles. The molecule has 0 saturated carbocycles. The van der Waals surface area contributed by atoms with Crippen LogP contribution in [0.4, 0.5) is 5.69 Å². The molecule has 12 heteroatoms. The lowest BCUT2D eigenvalue weighted by atomic mass is 10.0. The monoisotopic (exact) mass is 657 g/mol. The van der Waals surface area contributed by atoms with Crippen molar-refractivity contribution in [2.75, 3.05) is 17.1 Å². The smallest absolute Gasteiger partial charge is 0.244 e. The number of nitrogens with zero attached hydrogens (tertiary/aromatic N) is 2. The molecule has 0 bridgehead atoms. The molecule has 3 aromatic rings. The van der Waals surface area contributed by atoms with E-state index in [4.69, 9.17) is 46.4 Å². The van der Waals surface area contributed by atoms with Crippen LogP contribution >= 0.6 is 46.4 Å². The van der Waals surface area contributed by atoms with Gasteiger partial charge in [0.05, 0.1) is 11.9 Å². The Morgan fingerprint density at radius 3 is 1.95 bits per heavy atom. The minimum Gasteiger partial charge on any atom is -0.350 e. The largest absolute Gasteiger partial charge is 0.350 e. The molecule has 0 aliphatic carbocycles. The van der Waals surface area contributed by atoms with Crippen LogP contribution in [0.1, 0.15) is 31.9 Å². The summed E-state index contributed by atoms with van der Waals surface area (Å²) in [6.45, 7) is 4.70. The zero-order valence-corrected chi connectivity index (χ0v) is 26.8. The number of hydrogen-bond acceptors (Lipinski definition) is 4. The Labute approximate surface area is 261 Å². The Morgan fingerprint density at radius 2 is 1.44 bits per heavy atom. The molecule has 0 saturated heterocycles. The summed E-state index contributed by atoms with van der Waals surface area (Å²) in [4.78, 5) is 29.2. The van der Waals surface area contributed by atoms with Crippen molar-refractivity contribution in [3.8, 4) is 0 Å². The molecular formula is C29H31Cl4N3O4S. The van der Waals surface area contributed by atoms with Crippen molar-refractivity contribution >= 4 is 73.9 Å². The van der Waals surface area contributed by atoms with Gasteiger partial charge in [-0.15, -0.1) is 0 Å². The molecule has 0 aromatic heterocycles. The predicted molar refractivity (Wildman–Crippen MR) is 167 cm³/mol. The quantitative estimate of drug-likeness (QED) is 0.265. The van der Waals surface area contributed by atoms with Crippen molar-refractivity contribution in [2.24, 2.45) is 0 Å². The van der Waals surface area contributed by atoms with Crippen molar-refractivity contribution in [2.45, 2.75) is 45.3 Å². The normalized spacial score (nSPS) is 12.5. The van der Waals surface area contributed by atoms with E-state index in [1.807, 2.05) is 51.1 Å². The summed E-state index contributed by atoms with van der Waals surface area (Å²) in [5.41, 5.74) is 0.709. The van der Waals surface area contributed by atoms with Crippen LogP contribution in [0.3, 0.4) is 0 Å². The summed E-state index contributed by atoms with van der Waals surface area (Å²) >= 11 is 25.3. The second-order valence-corrected chi connectivity index (χ2v) is 14.2. The van der Waals surface area contributed by atoms with E-state index >= 15 is 0 Å². The third kappa shape index (κ3) is 9.51. The SMILES string of the molecule is CC(C)(C)NC(=O)[C@@H](Cc1ccccc1)N(Cc1c(Cl)cccc1Cl)C(=O)CN(c1cc(Cl)cc(Cl)c1)S(C)(=O)=O. The van der Waals surface area contributed by atoms with Crippen molar-refractivity contribution in [1.82, 2.24) is 10.2 Å². The number of hydrogen-bond donors (Lipinski definition) is 1. The average Bonchev–Trinajstić information content (AvgIpc) is 2.84. The van der Waals surface area contributed by atoms with Gasteiger partial charge in [-0.25, -0.2) is 8.42 Å². The lowest BCUT2D eigenvalue weighted by molar-refractivity contribution is -0.140. The molecule has 41 heavy (non-hydrogen) atoms. The highest BCUT2D eigenvalue weighted by atomic mass is 35.5. The molecule has 0 unspecified atom stereocenters. The van der Waals surface area contributed by atoms with Crippen LogP contribution in [0, 0.1) is 0 Å². The molecule has 0 radical (unpaired) electrons. The average molecular weight is 659 g/mol. The van der Waals surface area contributed by atoms with Crippen molar-refractivity contribution in [1.29, 1.82) is 0 Å². The molecular weight excluding hydrogens is 628 g/mol. The Hall–Kier alpha value is -2.49. The van der Waals surface area contributed by atoms with E-state index in [9.17, 15) is 18.0 Å². The first-order valence-electron chi connectivity index (χ1n) is 12.6. The Kier molecular flexibility index (Phi) is 11.0. The highest BCUT2D eigenvalue weighted by Crippen LogP contribution is 2.30. The van der Waals surface area contributed by atoms with Gasteiger partial charge in [0.2, 0.25) is 21.8 Å². The summed E-state index contributed by atoms with van der Waals surface area (Å²) in [5.74, 6) is -1.08. The summed E-state index contributed by atoms with van der Waals surface area (Å²) in [6, 6.07) is 17.3. The van der Waals surface area contributed by atoms with Crippen LogP contribution in [-0.4, -0.2) is 49.5 Å². The maximum absolute atomic E-state index is 14.2. The van der Waals surface area contributed by atoms with Gasteiger partial charge in [0, 0.05) is 44.2 Å². The minimum atomic E-state index is -3.99. The molecule has 0 spiro atoms. The molecule has 1 atom stereocenters. The first-order chi connectivity index (χ1) is 19.0. The number of benzene rings is 3. The number of rotatable bonds is 10. The number of amides is 2. The van der Waals surface area contributed by atoms with E-state index in [0.717, 1.165) is 16.1 Å². The van der Waals surface area contributed by atoms with Gasteiger partial charge in [0.15, 0.2) is 0 Å². The Morgan fingerprint density at radius 1 is 0.878 bits per heavy atom. The van der Waals surface area contributed by atoms with Crippen LogP contribution in [0.15, 0.2) is 66.7 Å². The molecule has 3 rings (SSSR count). The molecule has 0 aliphatic heterocycles. The fourth-order valence-corrected chi connectivity index (χ4v) is 6.02. The van der Waals surface area contributed by atoms with E-state index in [2.05, 4.69) is 5.32 Å². The van der Waals surface area contributed by atoms with E-state index in [1.165, 1.54) is 23.1 Å². The summed E-state index contributed by atoms with van der Waals surface area (Å²) in [7, 11) is -3.99. The second kappa shape index (κ2) is 13.7. The molecule has 1 N–H and O–H groups in total. The fourth-order valence-electron chi connectivity index (χ4n) is 4.16. The van der Waals surface area contributed by atoms with Crippen LogP contribution < -0.4 is 9.62 Å². The lowest BCUT2D eigenvalue weighted by Gasteiger charge is -2.35. The molecule has 2 amide bonds. The third-order valence-corrected chi connectivity index (χ3v) is 8.26. The number of sulfonamides is 1. The zero-order chi connectivity index (χ0) is 30.5. The highest BCUT2D eigenvalue weighted by Gasteiger charge is 2.35. The topological polar surface area (TPSA) is 86.8 Å². The van der Waals surface area contributed by atoms with Gasteiger partial charge in [0.1, 0.15) is 12.6 Å². The standard InChI is InChI=1S/C29H31Cl4N3O4S/c1-29(2,3)34-28(38)26(13-19-9-6-5-7-10-19)35(17-23-24(32)11-8-12-25(23)33)27(37)18-36(41(4,39)40)22-15-20(30)14-21(31)16-22/h5-12,14-16,26H,13,17-18H2,1-4H3,(H,34,38)/t26-/m1/s1. The first-order valence-corrected chi connectivity index (χ1v) is 15.9. The Balaban J connectivity index is 2.14. The number of anilines is 1.